The molecule has 0 aromatic heterocycles. The van der Waals surface area contributed by atoms with E-state index in [4.69, 9.17) is 4.74 Å². The second-order valence-electron chi connectivity index (χ2n) is 8.63. The fourth-order valence-electron chi connectivity index (χ4n) is 5.11. The van der Waals surface area contributed by atoms with Crippen molar-refractivity contribution in [3.63, 3.8) is 0 Å². The summed E-state index contributed by atoms with van der Waals surface area (Å²) in [6.45, 7) is 7.39. The van der Waals surface area contributed by atoms with Crippen molar-refractivity contribution in [1.82, 2.24) is 9.80 Å². The van der Waals surface area contributed by atoms with E-state index in [1.807, 2.05) is 13.2 Å². The van der Waals surface area contributed by atoms with Crippen molar-refractivity contribution in [3.05, 3.63) is 35.9 Å². The van der Waals surface area contributed by atoms with Gasteiger partial charge in [-0.1, -0.05) is 30.3 Å². The van der Waals surface area contributed by atoms with E-state index in [1.54, 1.807) is 0 Å². The quantitative estimate of drug-likeness (QED) is 0.813. The molecule has 4 heteroatoms. The van der Waals surface area contributed by atoms with Gasteiger partial charge in [-0.15, -0.1) is 0 Å². The summed E-state index contributed by atoms with van der Waals surface area (Å²) in [6, 6.07) is 11.5. The number of ether oxygens (including phenoxy) is 1. The number of methoxy groups -OCH3 is 1. The Bertz CT molecular complexity index is 633. The highest BCUT2D eigenvalue weighted by molar-refractivity contribution is 5.91. The number of rotatable bonds is 5. The molecule has 1 aromatic rings. The Hall–Kier alpha value is -1.39. The number of likely N-dealkylation sites (tertiary alicyclic amines) is 2. The van der Waals surface area contributed by atoms with Crippen molar-refractivity contribution in [2.75, 3.05) is 26.7 Å². The Morgan fingerprint density at radius 1 is 1.15 bits per heavy atom. The lowest BCUT2D eigenvalue weighted by Crippen LogP contribution is -2.66. The van der Waals surface area contributed by atoms with Crippen LogP contribution in [0.5, 0.6) is 0 Å². The van der Waals surface area contributed by atoms with Crippen LogP contribution in [-0.2, 0) is 14.9 Å². The summed E-state index contributed by atoms with van der Waals surface area (Å²) >= 11 is 0. The van der Waals surface area contributed by atoms with Crippen molar-refractivity contribution in [1.29, 1.82) is 0 Å². The Labute approximate surface area is 157 Å². The number of amides is 1. The monoisotopic (exact) mass is 356 g/mol. The number of benzene rings is 1. The van der Waals surface area contributed by atoms with E-state index in [0.29, 0.717) is 30.0 Å². The SMILES string of the molecule is CO[C@H]1CN(C(C)C)[C@H]1C1CCN(C(=O)C2(c3ccccc3)CC2)CC1. The van der Waals surface area contributed by atoms with E-state index in [-0.39, 0.29) is 5.41 Å². The third-order valence-corrected chi connectivity index (χ3v) is 6.92. The molecular weight excluding hydrogens is 324 g/mol. The van der Waals surface area contributed by atoms with Crippen molar-refractivity contribution in [3.8, 4) is 0 Å². The van der Waals surface area contributed by atoms with Crippen LogP contribution < -0.4 is 0 Å². The average Bonchev–Trinajstić information content (AvgIpc) is 3.44. The van der Waals surface area contributed by atoms with Gasteiger partial charge in [-0.3, -0.25) is 9.69 Å². The van der Waals surface area contributed by atoms with Gasteiger partial charge in [0, 0.05) is 38.8 Å². The van der Waals surface area contributed by atoms with Gasteiger partial charge in [-0.25, -0.2) is 0 Å². The van der Waals surface area contributed by atoms with Crippen molar-refractivity contribution >= 4 is 5.91 Å². The molecule has 0 spiro atoms. The maximum Gasteiger partial charge on any atom is 0.233 e. The molecular formula is C22H32N2O2. The van der Waals surface area contributed by atoms with Crippen LogP contribution in [0.4, 0.5) is 0 Å². The highest BCUT2D eigenvalue weighted by Crippen LogP contribution is 2.50. The molecule has 2 aliphatic heterocycles. The summed E-state index contributed by atoms with van der Waals surface area (Å²) in [6.07, 6.45) is 4.58. The van der Waals surface area contributed by atoms with E-state index in [0.717, 1.165) is 45.3 Å². The molecule has 2 heterocycles. The first kappa shape index (κ1) is 18.0. The van der Waals surface area contributed by atoms with Gasteiger partial charge in [0.05, 0.1) is 11.5 Å². The van der Waals surface area contributed by atoms with E-state index in [9.17, 15) is 4.79 Å². The second-order valence-corrected chi connectivity index (χ2v) is 8.63. The zero-order chi connectivity index (χ0) is 18.3. The van der Waals surface area contributed by atoms with E-state index < -0.39 is 0 Å². The van der Waals surface area contributed by atoms with Gasteiger partial charge in [-0.2, -0.15) is 0 Å². The van der Waals surface area contributed by atoms with Gasteiger partial charge < -0.3 is 9.64 Å². The summed E-state index contributed by atoms with van der Waals surface area (Å²) in [5.41, 5.74) is 0.986. The van der Waals surface area contributed by atoms with Gasteiger partial charge >= 0.3 is 0 Å². The van der Waals surface area contributed by atoms with Crippen LogP contribution in [0.1, 0.15) is 45.1 Å². The molecule has 2 saturated heterocycles. The minimum Gasteiger partial charge on any atom is -0.378 e. The highest BCUT2D eigenvalue weighted by atomic mass is 16.5. The van der Waals surface area contributed by atoms with Gasteiger partial charge in [0.25, 0.3) is 0 Å². The largest absolute Gasteiger partial charge is 0.378 e. The number of hydrogen-bond acceptors (Lipinski definition) is 3. The predicted molar refractivity (Wildman–Crippen MR) is 103 cm³/mol. The third kappa shape index (κ3) is 2.97. The molecule has 4 nitrogen and oxygen atoms in total. The first-order valence-electron chi connectivity index (χ1n) is 10.2. The van der Waals surface area contributed by atoms with Crippen molar-refractivity contribution in [2.45, 2.75) is 63.1 Å². The van der Waals surface area contributed by atoms with Crippen molar-refractivity contribution in [2.24, 2.45) is 5.92 Å². The molecule has 26 heavy (non-hydrogen) atoms. The van der Waals surface area contributed by atoms with Crippen LogP contribution in [0.15, 0.2) is 30.3 Å². The summed E-state index contributed by atoms with van der Waals surface area (Å²) in [4.78, 5) is 17.9. The summed E-state index contributed by atoms with van der Waals surface area (Å²) in [5, 5.41) is 0. The van der Waals surface area contributed by atoms with Crippen LogP contribution in [0, 0.1) is 5.92 Å². The molecule has 0 unspecified atom stereocenters. The van der Waals surface area contributed by atoms with Gasteiger partial charge in [0.15, 0.2) is 0 Å². The standard InChI is InChI=1S/C22H32N2O2/c1-16(2)24-15-19(26-3)20(24)17-9-13-23(14-10-17)21(25)22(11-12-22)18-7-5-4-6-8-18/h4-8,16-17,19-20H,9-15H2,1-3H3/t19-,20-/m0/s1. The molecule has 1 aliphatic carbocycles. The van der Waals surface area contributed by atoms with Crippen LogP contribution in [0.2, 0.25) is 0 Å². The van der Waals surface area contributed by atoms with Crippen molar-refractivity contribution < 1.29 is 9.53 Å². The molecule has 1 aromatic carbocycles. The molecule has 0 radical (unpaired) electrons. The molecule has 142 valence electrons. The Kier molecular flexibility index (Phi) is 4.83. The first-order chi connectivity index (χ1) is 12.6. The lowest BCUT2D eigenvalue weighted by atomic mass is 9.79. The predicted octanol–water partition coefficient (Wildman–Crippen LogP) is 3.06. The summed E-state index contributed by atoms with van der Waals surface area (Å²) < 4.78 is 5.71. The van der Waals surface area contributed by atoms with Gasteiger partial charge in [0.2, 0.25) is 5.91 Å². The minimum absolute atomic E-state index is 0.219. The number of nitrogens with zero attached hydrogens (tertiary/aromatic N) is 2. The fourth-order valence-corrected chi connectivity index (χ4v) is 5.11. The molecule has 3 fully saturated rings. The third-order valence-electron chi connectivity index (χ3n) is 6.92. The van der Waals surface area contributed by atoms with Crippen LogP contribution in [0.3, 0.4) is 0 Å². The molecule has 4 rings (SSSR count). The van der Waals surface area contributed by atoms with Crippen LogP contribution in [0.25, 0.3) is 0 Å². The lowest BCUT2D eigenvalue weighted by molar-refractivity contribution is -0.142. The number of carbonyl (C=O) groups is 1. The summed E-state index contributed by atoms with van der Waals surface area (Å²) in [7, 11) is 1.84. The lowest BCUT2D eigenvalue weighted by Gasteiger charge is -2.54. The van der Waals surface area contributed by atoms with Crippen LogP contribution >= 0.6 is 0 Å². The molecule has 1 amide bonds. The molecule has 1 saturated carbocycles. The number of carbonyl (C=O) groups excluding carboxylic acids is 1. The first-order valence-corrected chi connectivity index (χ1v) is 10.2. The van der Waals surface area contributed by atoms with Gasteiger partial charge in [-0.05, 0) is 51.0 Å². The molecule has 3 aliphatic rings. The number of hydrogen-bond donors (Lipinski definition) is 0. The summed E-state index contributed by atoms with van der Waals surface area (Å²) in [5.74, 6) is 1.01. The van der Waals surface area contributed by atoms with E-state index in [1.165, 1.54) is 5.56 Å². The Morgan fingerprint density at radius 3 is 2.35 bits per heavy atom. The van der Waals surface area contributed by atoms with E-state index in [2.05, 4.69) is 47.9 Å². The number of piperidine rings is 1. The fraction of sp³-hybridized carbons (Fsp3) is 0.682. The highest BCUT2D eigenvalue weighted by Gasteiger charge is 2.54. The molecule has 0 bridgehead atoms. The zero-order valence-corrected chi connectivity index (χ0v) is 16.4. The smallest absolute Gasteiger partial charge is 0.233 e. The molecule has 0 N–H and O–H groups in total. The van der Waals surface area contributed by atoms with Gasteiger partial charge in [0.1, 0.15) is 0 Å². The van der Waals surface area contributed by atoms with E-state index >= 15 is 0 Å². The molecule has 2 atom stereocenters. The Balaban J connectivity index is 1.39. The maximum atomic E-state index is 13.2. The Morgan fingerprint density at radius 2 is 1.81 bits per heavy atom. The maximum absolute atomic E-state index is 13.2. The topological polar surface area (TPSA) is 32.8 Å². The zero-order valence-electron chi connectivity index (χ0n) is 16.4. The average molecular weight is 357 g/mol. The van der Waals surface area contributed by atoms with Crippen LogP contribution in [-0.4, -0.2) is 60.6 Å². The normalized spacial score (nSPS) is 28.8. The second kappa shape index (κ2) is 6.97. The minimum atomic E-state index is -0.219.